The van der Waals surface area contributed by atoms with Crippen molar-refractivity contribution in [2.45, 2.75) is 0 Å². The first kappa shape index (κ1) is 20.0. The molecule has 30 heavy (non-hydrogen) atoms. The van der Waals surface area contributed by atoms with Crippen LogP contribution in [0.5, 0.6) is 0 Å². The highest BCUT2D eigenvalue weighted by Crippen LogP contribution is 2.34. The van der Waals surface area contributed by atoms with E-state index in [2.05, 4.69) is 4.99 Å². The van der Waals surface area contributed by atoms with Crippen LogP contribution in [-0.4, -0.2) is 29.0 Å². The van der Waals surface area contributed by atoms with Crippen molar-refractivity contribution >= 4 is 52.2 Å². The Kier molecular flexibility index (Phi) is 5.48. The van der Waals surface area contributed by atoms with E-state index in [9.17, 15) is 14.7 Å². The van der Waals surface area contributed by atoms with Crippen LogP contribution in [0.25, 0.3) is 17.4 Å². The van der Waals surface area contributed by atoms with Gasteiger partial charge in [0.1, 0.15) is 11.5 Å². The molecule has 1 saturated heterocycles. The molecule has 8 heteroatoms. The van der Waals surface area contributed by atoms with Crippen molar-refractivity contribution in [1.82, 2.24) is 4.90 Å². The quantitative estimate of drug-likeness (QED) is 0.571. The van der Waals surface area contributed by atoms with Crippen LogP contribution in [0.15, 0.2) is 75.0 Å². The van der Waals surface area contributed by atoms with E-state index < -0.39 is 5.97 Å². The number of nitrogens with zero attached hydrogens (tertiary/aromatic N) is 2. The van der Waals surface area contributed by atoms with Gasteiger partial charge in [0.15, 0.2) is 5.17 Å². The lowest BCUT2D eigenvalue weighted by Crippen LogP contribution is -2.23. The molecule has 150 valence electrons. The smallest absolute Gasteiger partial charge is 0.266 e. The number of carboxylic acids is 1. The second-order valence-corrected chi connectivity index (χ2v) is 7.86. The topological polar surface area (TPSA) is 85.9 Å². The van der Waals surface area contributed by atoms with Crippen LogP contribution in [0.4, 0.5) is 5.69 Å². The largest absolute Gasteiger partial charge is 0.545 e. The third-order valence-corrected chi connectivity index (χ3v) is 5.64. The lowest BCUT2D eigenvalue weighted by atomic mass is 10.2. The average Bonchev–Trinajstić information content (AvgIpc) is 3.29. The molecule has 0 unspecified atom stereocenters. The molecule has 1 aromatic heterocycles. The van der Waals surface area contributed by atoms with E-state index in [0.29, 0.717) is 32.3 Å². The first-order valence-electron chi connectivity index (χ1n) is 8.84. The van der Waals surface area contributed by atoms with E-state index in [4.69, 9.17) is 16.0 Å². The Morgan fingerprint density at radius 3 is 2.63 bits per heavy atom. The molecular weight excluding hydrogens is 424 g/mol. The van der Waals surface area contributed by atoms with Crippen molar-refractivity contribution in [1.29, 1.82) is 0 Å². The Balaban J connectivity index is 1.56. The fraction of sp³-hybridized carbons (Fsp3) is 0.0455. The van der Waals surface area contributed by atoms with Crippen LogP contribution in [-0.2, 0) is 4.79 Å². The zero-order valence-corrected chi connectivity index (χ0v) is 17.2. The van der Waals surface area contributed by atoms with Crippen molar-refractivity contribution in [3.05, 3.63) is 81.9 Å². The number of aromatic carboxylic acids is 1. The number of aliphatic imine (C=N–C) groups is 1. The molecule has 1 amide bonds. The number of hydrogen-bond donors (Lipinski definition) is 0. The molecule has 1 aliphatic rings. The number of hydrogen-bond acceptors (Lipinski definition) is 6. The minimum absolute atomic E-state index is 0.0661. The maximum Gasteiger partial charge on any atom is 0.266 e. The predicted octanol–water partition coefficient (Wildman–Crippen LogP) is 4.20. The molecule has 6 nitrogen and oxygen atoms in total. The maximum absolute atomic E-state index is 12.6. The van der Waals surface area contributed by atoms with Gasteiger partial charge in [-0.05, 0) is 53.7 Å². The summed E-state index contributed by atoms with van der Waals surface area (Å²) in [5.41, 5.74) is 1.44. The number of furan rings is 1. The summed E-state index contributed by atoms with van der Waals surface area (Å²) in [7, 11) is 1.63. The van der Waals surface area contributed by atoms with Crippen LogP contribution in [0.1, 0.15) is 16.1 Å². The zero-order chi connectivity index (χ0) is 21.3. The van der Waals surface area contributed by atoms with Gasteiger partial charge in [0.25, 0.3) is 5.91 Å². The fourth-order valence-corrected chi connectivity index (χ4v) is 3.95. The van der Waals surface area contributed by atoms with Crippen molar-refractivity contribution in [2.24, 2.45) is 4.99 Å². The molecule has 0 saturated carbocycles. The predicted molar refractivity (Wildman–Crippen MR) is 115 cm³/mol. The molecule has 3 aromatic rings. The number of benzene rings is 2. The Hall–Kier alpha value is -3.29. The molecule has 4 rings (SSSR count). The number of amides is 1. The molecular formula is C22H14ClN2O4S-. The van der Waals surface area contributed by atoms with Gasteiger partial charge in [-0.1, -0.05) is 35.9 Å². The highest BCUT2D eigenvalue weighted by Gasteiger charge is 2.30. The minimum Gasteiger partial charge on any atom is -0.545 e. The summed E-state index contributed by atoms with van der Waals surface area (Å²) >= 11 is 7.24. The summed E-state index contributed by atoms with van der Waals surface area (Å²) in [6.45, 7) is 0. The molecule has 1 aliphatic heterocycles. The van der Waals surface area contributed by atoms with Crippen molar-refractivity contribution < 1.29 is 19.1 Å². The fourth-order valence-electron chi connectivity index (χ4n) is 2.79. The van der Waals surface area contributed by atoms with Crippen molar-refractivity contribution in [3.8, 4) is 11.3 Å². The Morgan fingerprint density at radius 1 is 1.17 bits per heavy atom. The first-order chi connectivity index (χ1) is 14.4. The molecule has 0 aliphatic carbocycles. The van der Waals surface area contributed by atoms with E-state index in [1.807, 2.05) is 18.2 Å². The molecule has 0 atom stereocenters. The van der Waals surface area contributed by atoms with E-state index in [1.54, 1.807) is 43.5 Å². The maximum atomic E-state index is 12.6. The first-order valence-corrected chi connectivity index (χ1v) is 10.0. The van der Waals surface area contributed by atoms with Crippen molar-refractivity contribution in [2.75, 3.05) is 7.05 Å². The van der Waals surface area contributed by atoms with E-state index in [1.165, 1.54) is 28.8 Å². The molecule has 0 radical (unpaired) electrons. The van der Waals surface area contributed by atoms with Gasteiger partial charge in [0.05, 0.1) is 16.6 Å². The second kappa shape index (κ2) is 8.22. The van der Waals surface area contributed by atoms with Crippen molar-refractivity contribution in [3.63, 3.8) is 0 Å². The van der Waals surface area contributed by atoms with Crippen LogP contribution >= 0.6 is 23.4 Å². The lowest BCUT2D eigenvalue weighted by molar-refractivity contribution is -0.255. The molecule has 0 spiro atoms. The highest BCUT2D eigenvalue weighted by atomic mass is 35.5. The van der Waals surface area contributed by atoms with Gasteiger partial charge in [-0.25, -0.2) is 4.99 Å². The van der Waals surface area contributed by atoms with E-state index in [-0.39, 0.29) is 11.5 Å². The second-order valence-electron chi connectivity index (χ2n) is 6.42. The van der Waals surface area contributed by atoms with Crippen LogP contribution in [0.3, 0.4) is 0 Å². The van der Waals surface area contributed by atoms with Gasteiger partial charge in [-0.2, -0.15) is 0 Å². The molecule has 2 heterocycles. The van der Waals surface area contributed by atoms with Gasteiger partial charge in [0, 0.05) is 23.7 Å². The summed E-state index contributed by atoms with van der Waals surface area (Å²) in [5.74, 6) is -0.271. The number of rotatable bonds is 4. The van der Waals surface area contributed by atoms with E-state index >= 15 is 0 Å². The molecule has 1 fully saturated rings. The SMILES string of the molecule is CN1C(=O)/C(=C/c2ccc(-c3cccc(Cl)c3)o2)SC1=Nc1ccc(C(=O)[O-])cc1. The third kappa shape index (κ3) is 4.17. The number of halogens is 1. The van der Waals surface area contributed by atoms with Gasteiger partial charge in [-0.15, -0.1) is 0 Å². The van der Waals surface area contributed by atoms with E-state index in [0.717, 1.165) is 5.56 Å². The standard InChI is InChI=1S/C22H15ClN2O4S/c1-25-20(26)19(30-22(25)24-16-7-5-13(6-8-16)21(27)28)12-17-9-10-18(29-17)14-3-2-4-15(23)11-14/h2-12H,1H3,(H,27,28)/p-1/b19-12-,24-22?. The number of likely N-dealkylation sites (N-methyl/N-ethyl adjacent to an activating group) is 1. The molecule has 0 N–H and O–H groups in total. The summed E-state index contributed by atoms with van der Waals surface area (Å²) in [6.07, 6.45) is 1.67. The number of thioether (sulfide) groups is 1. The molecule has 0 bridgehead atoms. The van der Waals surface area contributed by atoms with Crippen LogP contribution in [0, 0.1) is 0 Å². The van der Waals surface area contributed by atoms with Crippen LogP contribution in [0.2, 0.25) is 5.02 Å². The normalized spacial score (nSPS) is 16.6. The highest BCUT2D eigenvalue weighted by molar-refractivity contribution is 8.18. The monoisotopic (exact) mass is 437 g/mol. The summed E-state index contributed by atoms with van der Waals surface area (Å²) in [6, 6.07) is 16.9. The number of carbonyl (C=O) groups is 2. The number of carbonyl (C=O) groups excluding carboxylic acids is 2. The zero-order valence-electron chi connectivity index (χ0n) is 15.7. The van der Waals surface area contributed by atoms with Crippen LogP contribution < -0.4 is 5.11 Å². The third-order valence-electron chi connectivity index (χ3n) is 4.34. The summed E-state index contributed by atoms with van der Waals surface area (Å²) in [5, 5.41) is 11.9. The average molecular weight is 438 g/mol. The summed E-state index contributed by atoms with van der Waals surface area (Å²) < 4.78 is 5.84. The van der Waals surface area contributed by atoms with Gasteiger partial charge < -0.3 is 14.3 Å². The summed E-state index contributed by atoms with van der Waals surface area (Å²) in [4.78, 5) is 29.8. The minimum atomic E-state index is -1.25. The Labute approximate surface area is 181 Å². The van der Waals surface area contributed by atoms with Gasteiger partial charge in [0.2, 0.25) is 0 Å². The number of amidine groups is 1. The molecule has 2 aromatic carbocycles. The van der Waals surface area contributed by atoms with Gasteiger partial charge >= 0.3 is 0 Å². The Bertz CT molecular complexity index is 1200. The number of carboxylic acid groups (broad SMARTS) is 1. The van der Waals surface area contributed by atoms with Gasteiger partial charge in [-0.3, -0.25) is 9.69 Å². The lowest BCUT2D eigenvalue weighted by Gasteiger charge is -2.07. The Morgan fingerprint density at radius 2 is 1.93 bits per heavy atom.